The molecule has 19 heavy (non-hydrogen) atoms. The van der Waals surface area contributed by atoms with E-state index in [1.807, 2.05) is 0 Å². The summed E-state index contributed by atoms with van der Waals surface area (Å²) in [6.45, 7) is 0.789. The quantitative estimate of drug-likeness (QED) is 0.484. The summed E-state index contributed by atoms with van der Waals surface area (Å²) in [4.78, 5) is 12.7. The van der Waals surface area contributed by atoms with E-state index >= 15 is 0 Å². The number of nitrogens with one attached hydrogen (secondary N) is 1. The van der Waals surface area contributed by atoms with Gasteiger partial charge in [0.15, 0.2) is 0 Å². The Labute approximate surface area is 112 Å². The minimum atomic E-state index is -0.431. The number of hydrogen-bond donors (Lipinski definition) is 2. The molecular weight excluding hydrogens is 244 g/mol. The van der Waals surface area contributed by atoms with Crippen molar-refractivity contribution in [3.63, 3.8) is 0 Å². The Balaban J connectivity index is 2.10. The van der Waals surface area contributed by atoms with Gasteiger partial charge >= 0.3 is 0 Å². The third-order valence-electron chi connectivity index (χ3n) is 3.79. The first-order chi connectivity index (χ1) is 9.11. The van der Waals surface area contributed by atoms with Crippen molar-refractivity contribution < 1.29 is 4.92 Å². The van der Waals surface area contributed by atoms with E-state index in [9.17, 15) is 10.1 Å². The zero-order chi connectivity index (χ0) is 13.8. The predicted molar refractivity (Wildman–Crippen MR) is 74.6 cm³/mol. The third kappa shape index (κ3) is 3.21. The van der Waals surface area contributed by atoms with Crippen molar-refractivity contribution in [3.05, 3.63) is 33.9 Å². The molecule has 104 valence electrons. The second-order valence-electron chi connectivity index (χ2n) is 5.11. The highest BCUT2D eigenvalue weighted by atomic mass is 16.6. The molecule has 1 saturated carbocycles. The Morgan fingerprint density at radius 1 is 1.47 bits per heavy atom. The zero-order valence-corrected chi connectivity index (χ0v) is 11.1. The number of nitro benzene ring substituents is 1. The van der Waals surface area contributed by atoms with E-state index in [2.05, 4.69) is 17.4 Å². The van der Waals surface area contributed by atoms with E-state index in [1.54, 1.807) is 12.1 Å². The fourth-order valence-corrected chi connectivity index (χ4v) is 2.72. The molecule has 0 amide bonds. The number of nitrogen functional groups attached to an aromatic ring is 1. The van der Waals surface area contributed by atoms with Crippen molar-refractivity contribution in [1.82, 2.24) is 4.90 Å². The van der Waals surface area contributed by atoms with Gasteiger partial charge in [0.25, 0.3) is 5.69 Å². The van der Waals surface area contributed by atoms with Gasteiger partial charge in [-0.25, -0.2) is 0 Å². The van der Waals surface area contributed by atoms with Crippen LogP contribution in [0.1, 0.15) is 31.2 Å². The molecular formula is C13H20N4O2. The lowest BCUT2D eigenvalue weighted by Crippen LogP contribution is -2.28. The zero-order valence-electron chi connectivity index (χ0n) is 11.1. The van der Waals surface area contributed by atoms with Crippen LogP contribution in [-0.4, -0.2) is 22.9 Å². The summed E-state index contributed by atoms with van der Waals surface area (Å²) in [5.41, 5.74) is 3.81. The van der Waals surface area contributed by atoms with E-state index in [1.165, 1.54) is 31.7 Å². The highest BCUT2D eigenvalue weighted by molar-refractivity contribution is 5.62. The van der Waals surface area contributed by atoms with Crippen LogP contribution in [0.15, 0.2) is 18.2 Å². The molecule has 0 atom stereocenters. The second-order valence-corrected chi connectivity index (χ2v) is 5.11. The lowest BCUT2D eigenvalue weighted by atomic mass is 10.1. The molecule has 0 aliphatic heterocycles. The Morgan fingerprint density at radius 2 is 2.16 bits per heavy atom. The minimum absolute atomic E-state index is 0.00905. The molecule has 1 aliphatic carbocycles. The molecule has 0 radical (unpaired) electrons. The van der Waals surface area contributed by atoms with E-state index < -0.39 is 4.92 Å². The maximum atomic E-state index is 10.8. The Morgan fingerprint density at radius 3 is 2.74 bits per heavy atom. The summed E-state index contributed by atoms with van der Waals surface area (Å²) in [7, 11) is 2.10. The summed E-state index contributed by atoms with van der Waals surface area (Å²) >= 11 is 0. The molecule has 6 heteroatoms. The Kier molecular flexibility index (Phi) is 4.34. The van der Waals surface area contributed by atoms with E-state index in [-0.39, 0.29) is 5.69 Å². The molecule has 0 aromatic heterocycles. The molecule has 0 saturated heterocycles. The van der Waals surface area contributed by atoms with Crippen molar-refractivity contribution in [2.24, 2.45) is 5.84 Å². The van der Waals surface area contributed by atoms with Crippen LogP contribution in [0.2, 0.25) is 0 Å². The molecule has 1 aliphatic rings. The van der Waals surface area contributed by atoms with Gasteiger partial charge in [0, 0.05) is 18.7 Å². The van der Waals surface area contributed by atoms with Gasteiger partial charge < -0.3 is 5.43 Å². The number of rotatable bonds is 5. The first-order valence-electron chi connectivity index (χ1n) is 6.56. The average molecular weight is 264 g/mol. The summed E-state index contributed by atoms with van der Waals surface area (Å²) in [6.07, 6.45) is 5.08. The van der Waals surface area contributed by atoms with Gasteiger partial charge in [0.1, 0.15) is 5.69 Å². The van der Waals surface area contributed by atoms with Crippen molar-refractivity contribution in [2.45, 2.75) is 38.3 Å². The van der Waals surface area contributed by atoms with Gasteiger partial charge in [0.2, 0.25) is 0 Å². The lowest BCUT2D eigenvalue weighted by molar-refractivity contribution is -0.384. The van der Waals surface area contributed by atoms with E-state index in [0.717, 1.165) is 12.1 Å². The van der Waals surface area contributed by atoms with Gasteiger partial charge in [-0.2, -0.15) is 0 Å². The van der Waals surface area contributed by atoms with Crippen LogP contribution < -0.4 is 11.3 Å². The van der Waals surface area contributed by atoms with Crippen LogP contribution in [0.3, 0.4) is 0 Å². The van der Waals surface area contributed by atoms with Crippen LogP contribution in [0.5, 0.6) is 0 Å². The van der Waals surface area contributed by atoms with Crippen LogP contribution in [-0.2, 0) is 6.54 Å². The standard InChI is InChI=1S/C13H20N4O2/c1-16(11-4-2-3-5-11)9-10-6-7-13(17(18)19)12(8-10)15-14/h6-8,11,15H,2-5,9,14H2,1H3. The topological polar surface area (TPSA) is 84.4 Å². The normalized spacial score (nSPS) is 15.9. The van der Waals surface area contributed by atoms with Gasteiger partial charge in [0.05, 0.1) is 4.92 Å². The molecule has 3 N–H and O–H groups in total. The number of nitro groups is 1. The van der Waals surface area contributed by atoms with Crippen molar-refractivity contribution in [3.8, 4) is 0 Å². The highest BCUT2D eigenvalue weighted by Crippen LogP contribution is 2.27. The molecule has 0 unspecified atom stereocenters. The van der Waals surface area contributed by atoms with Gasteiger partial charge in [-0.3, -0.25) is 20.9 Å². The fraction of sp³-hybridized carbons (Fsp3) is 0.538. The molecule has 1 fully saturated rings. The second kappa shape index (κ2) is 5.99. The molecule has 1 aromatic carbocycles. The van der Waals surface area contributed by atoms with Gasteiger partial charge in [-0.15, -0.1) is 0 Å². The largest absolute Gasteiger partial charge is 0.318 e. The number of nitrogens with two attached hydrogens (primary N) is 1. The van der Waals surface area contributed by atoms with Crippen molar-refractivity contribution >= 4 is 11.4 Å². The summed E-state index contributed by atoms with van der Waals surface area (Å²) in [6, 6.07) is 5.69. The Bertz CT molecular complexity index is 458. The van der Waals surface area contributed by atoms with Crippen LogP contribution >= 0.6 is 0 Å². The first kappa shape index (κ1) is 13.8. The molecule has 0 spiro atoms. The summed E-state index contributed by atoms with van der Waals surface area (Å²) in [5.74, 6) is 5.34. The maximum Gasteiger partial charge on any atom is 0.293 e. The van der Waals surface area contributed by atoms with Crippen LogP contribution in [0.25, 0.3) is 0 Å². The number of hydrazine groups is 1. The van der Waals surface area contributed by atoms with E-state index in [4.69, 9.17) is 5.84 Å². The summed E-state index contributed by atoms with van der Waals surface area (Å²) in [5, 5.41) is 10.8. The smallest absolute Gasteiger partial charge is 0.293 e. The van der Waals surface area contributed by atoms with Gasteiger partial charge in [-0.05, 0) is 31.5 Å². The molecule has 0 heterocycles. The third-order valence-corrected chi connectivity index (χ3v) is 3.79. The number of benzene rings is 1. The Hall–Kier alpha value is -1.66. The first-order valence-corrected chi connectivity index (χ1v) is 6.56. The lowest BCUT2D eigenvalue weighted by Gasteiger charge is -2.24. The number of nitrogens with zero attached hydrogens (tertiary/aromatic N) is 2. The predicted octanol–water partition coefficient (Wildman–Crippen LogP) is 2.25. The molecule has 1 aromatic rings. The number of hydrogen-bond acceptors (Lipinski definition) is 5. The minimum Gasteiger partial charge on any atom is -0.318 e. The fourth-order valence-electron chi connectivity index (χ4n) is 2.72. The van der Waals surface area contributed by atoms with Gasteiger partial charge in [-0.1, -0.05) is 18.9 Å². The SMILES string of the molecule is CN(Cc1ccc([N+](=O)[O-])c(NN)c1)C1CCCC1. The van der Waals surface area contributed by atoms with Crippen LogP contribution in [0.4, 0.5) is 11.4 Å². The number of anilines is 1. The summed E-state index contributed by atoms with van der Waals surface area (Å²) < 4.78 is 0. The monoisotopic (exact) mass is 264 g/mol. The molecule has 2 rings (SSSR count). The van der Waals surface area contributed by atoms with E-state index in [0.29, 0.717) is 11.7 Å². The molecule has 6 nitrogen and oxygen atoms in total. The molecule has 0 bridgehead atoms. The van der Waals surface area contributed by atoms with Crippen LogP contribution in [0, 0.1) is 10.1 Å². The maximum absolute atomic E-state index is 10.8. The van der Waals surface area contributed by atoms with Crippen molar-refractivity contribution in [1.29, 1.82) is 0 Å². The average Bonchev–Trinajstić information content (AvgIpc) is 2.92. The van der Waals surface area contributed by atoms with Crippen molar-refractivity contribution in [2.75, 3.05) is 12.5 Å². The highest BCUT2D eigenvalue weighted by Gasteiger charge is 2.20.